The highest BCUT2D eigenvalue weighted by Gasteiger charge is 2.71. The van der Waals surface area contributed by atoms with Crippen LogP contribution in [0.5, 0.6) is 0 Å². The molecule has 2 aliphatic carbocycles. The molecule has 0 aromatic carbocycles. The van der Waals surface area contributed by atoms with Gasteiger partial charge in [0, 0.05) is 12.3 Å². The van der Waals surface area contributed by atoms with Gasteiger partial charge in [0.2, 0.25) is 11.8 Å². The van der Waals surface area contributed by atoms with Gasteiger partial charge in [0.15, 0.2) is 0 Å². The molecule has 164 valence electrons. The van der Waals surface area contributed by atoms with Gasteiger partial charge in [0.05, 0.1) is 19.3 Å². The highest BCUT2D eigenvalue weighted by molar-refractivity contribution is 5.92. The molecule has 0 radical (unpaired) electrons. The molecular weight excluding hydrogens is 382 g/mol. The van der Waals surface area contributed by atoms with Crippen LogP contribution in [0, 0.1) is 17.8 Å². The molecule has 0 heterocycles. The zero-order valence-corrected chi connectivity index (χ0v) is 17.5. The van der Waals surface area contributed by atoms with E-state index in [1.807, 2.05) is 6.92 Å². The molecular formula is C19H31N3O7. The average molecular weight is 413 g/mol. The molecule has 2 aliphatic rings. The van der Waals surface area contributed by atoms with Crippen LogP contribution in [0.3, 0.4) is 0 Å². The first kappa shape index (κ1) is 22.9. The summed E-state index contributed by atoms with van der Waals surface area (Å²) in [4.78, 5) is 48.4. The normalized spacial score (nSPS) is 30.0. The lowest BCUT2D eigenvalue weighted by molar-refractivity contribution is -0.155. The van der Waals surface area contributed by atoms with E-state index in [0.717, 1.165) is 0 Å². The summed E-state index contributed by atoms with van der Waals surface area (Å²) in [6.45, 7) is 8.10. The zero-order valence-electron chi connectivity index (χ0n) is 17.5. The minimum atomic E-state index is -1.28. The number of ether oxygens (including phenoxy) is 2. The van der Waals surface area contributed by atoms with Gasteiger partial charge in [-0.25, -0.2) is 9.59 Å². The van der Waals surface area contributed by atoms with Gasteiger partial charge in [-0.1, -0.05) is 6.92 Å². The molecule has 2 fully saturated rings. The number of alkyl carbamates (subject to hydrolysis) is 1. The Morgan fingerprint density at radius 3 is 2.24 bits per heavy atom. The second-order valence-electron chi connectivity index (χ2n) is 8.61. The molecule has 10 nitrogen and oxygen atoms in total. The molecule has 4 N–H and O–H groups in total. The maximum absolute atomic E-state index is 12.6. The predicted molar refractivity (Wildman–Crippen MR) is 102 cm³/mol. The lowest BCUT2D eigenvalue weighted by Crippen LogP contribution is -2.59. The number of carbonyl (C=O) groups is 4. The lowest BCUT2D eigenvalue weighted by Gasteiger charge is -2.31. The van der Waals surface area contributed by atoms with Crippen molar-refractivity contribution in [2.75, 3.05) is 19.7 Å². The van der Waals surface area contributed by atoms with E-state index in [1.54, 1.807) is 27.7 Å². The fourth-order valence-electron chi connectivity index (χ4n) is 4.13. The fourth-order valence-corrected chi connectivity index (χ4v) is 4.13. The summed E-state index contributed by atoms with van der Waals surface area (Å²) in [5.41, 5.74) is -1.97. The number of rotatable bonds is 7. The molecule has 0 aromatic rings. The maximum atomic E-state index is 12.6. The summed E-state index contributed by atoms with van der Waals surface area (Å²) in [6, 6.07) is 0. The second-order valence-corrected chi connectivity index (χ2v) is 8.61. The Balaban J connectivity index is 1.86. The van der Waals surface area contributed by atoms with E-state index in [-0.39, 0.29) is 43.9 Å². The number of hydrogen-bond donors (Lipinski definition) is 4. The average Bonchev–Trinajstić information content (AvgIpc) is 3.17. The third-order valence-corrected chi connectivity index (χ3v) is 5.23. The Hall–Kier alpha value is -2.36. The Bertz CT molecular complexity index is 675. The number of esters is 1. The van der Waals surface area contributed by atoms with Crippen molar-refractivity contribution in [2.24, 2.45) is 17.8 Å². The van der Waals surface area contributed by atoms with E-state index < -0.39 is 41.1 Å². The summed E-state index contributed by atoms with van der Waals surface area (Å²) in [5, 5.41) is 17.6. The molecule has 2 saturated carbocycles. The van der Waals surface area contributed by atoms with Gasteiger partial charge in [0.25, 0.3) is 0 Å². The molecule has 2 rings (SSSR count). The molecule has 0 spiro atoms. The molecule has 5 atom stereocenters. The predicted octanol–water partition coefficient (Wildman–Crippen LogP) is -0.308. The van der Waals surface area contributed by atoms with Crippen molar-refractivity contribution >= 4 is 23.9 Å². The van der Waals surface area contributed by atoms with Crippen LogP contribution in [-0.4, -0.2) is 65.9 Å². The first-order chi connectivity index (χ1) is 13.4. The Kier molecular flexibility index (Phi) is 6.77. The molecule has 0 saturated heterocycles. The van der Waals surface area contributed by atoms with Gasteiger partial charge in [0.1, 0.15) is 17.7 Å². The van der Waals surface area contributed by atoms with Gasteiger partial charge < -0.3 is 30.5 Å². The van der Waals surface area contributed by atoms with Gasteiger partial charge >= 0.3 is 12.1 Å². The number of aliphatic hydroxyl groups is 1. The molecule has 0 unspecified atom stereocenters. The van der Waals surface area contributed by atoms with E-state index in [0.29, 0.717) is 0 Å². The van der Waals surface area contributed by atoms with Gasteiger partial charge in [-0.15, -0.1) is 0 Å². The first-order valence-corrected chi connectivity index (χ1v) is 9.81. The Morgan fingerprint density at radius 2 is 1.72 bits per heavy atom. The van der Waals surface area contributed by atoms with Crippen molar-refractivity contribution < 1.29 is 33.8 Å². The van der Waals surface area contributed by atoms with Crippen LogP contribution in [0.15, 0.2) is 0 Å². The zero-order chi connectivity index (χ0) is 22.0. The number of amides is 3. The summed E-state index contributed by atoms with van der Waals surface area (Å²) in [6.07, 6.45) is -1.34. The van der Waals surface area contributed by atoms with Crippen LogP contribution < -0.4 is 16.0 Å². The van der Waals surface area contributed by atoms with Gasteiger partial charge in [-0.3, -0.25) is 9.59 Å². The molecule has 0 bridgehead atoms. The van der Waals surface area contributed by atoms with Gasteiger partial charge in [-0.05, 0) is 39.5 Å². The number of aliphatic hydroxyl groups excluding tert-OH is 1. The number of carbonyl (C=O) groups excluding carboxylic acids is 4. The minimum Gasteiger partial charge on any atom is -0.464 e. The van der Waals surface area contributed by atoms with Crippen molar-refractivity contribution in [3.63, 3.8) is 0 Å². The van der Waals surface area contributed by atoms with Crippen molar-refractivity contribution in [2.45, 2.75) is 58.3 Å². The van der Waals surface area contributed by atoms with E-state index in [2.05, 4.69) is 16.0 Å². The maximum Gasteiger partial charge on any atom is 0.408 e. The van der Waals surface area contributed by atoms with Crippen molar-refractivity contribution in [1.82, 2.24) is 16.0 Å². The number of hydrogen-bond acceptors (Lipinski definition) is 7. The first-order valence-electron chi connectivity index (χ1n) is 9.81. The number of fused-ring (bicyclic) bond motifs is 1. The van der Waals surface area contributed by atoms with E-state index >= 15 is 0 Å². The summed E-state index contributed by atoms with van der Waals surface area (Å²) in [5.74, 6) is -1.87. The van der Waals surface area contributed by atoms with Crippen LogP contribution in [0.4, 0.5) is 4.79 Å². The van der Waals surface area contributed by atoms with E-state index in [9.17, 15) is 24.3 Å². The van der Waals surface area contributed by atoms with Crippen molar-refractivity contribution in [1.29, 1.82) is 0 Å². The quantitative estimate of drug-likeness (QED) is 0.419. The molecule has 10 heteroatoms. The largest absolute Gasteiger partial charge is 0.464 e. The second kappa shape index (κ2) is 8.56. The number of nitrogens with one attached hydrogen (secondary N) is 3. The fraction of sp³-hybridized carbons (Fsp3) is 0.789. The lowest BCUT2D eigenvalue weighted by atomic mass is 9.89. The summed E-state index contributed by atoms with van der Waals surface area (Å²) >= 11 is 0. The summed E-state index contributed by atoms with van der Waals surface area (Å²) in [7, 11) is 0. The third-order valence-electron chi connectivity index (χ3n) is 5.23. The van der Waals surface area contributed by atoms with Crippen LogP contribution in [0.1, 0.15) is 41.0 Å². The van der Waals surface area contributed by atoms with Crippen molar-refractivity contribution in [3.05, 3.63) is 0 Å². The highest BCUT2D eigenvalue weighted by Crippen LogP contribution is 2.62. The van der Waals surface area contributed by atoms with Crippen LogP contribution in [0.2, 0.25) is 0 Å². The molecule has 29 heavy (non-hydrogen) atoms. The van der Waals surface area contributed by atoms with Gasteiger partial charge in [-0.2, -0.15) is 0 Å². The smallest absolute Gasteiger partial charge is 0.408 e. The van der Waals surface area contributed by atoms with E-state index in [1.165, 1.54) is 0 Å². The summed E-state index contributed by atoms with van der Waals surface area (Å²) < 4.78 is 10.2. The van der Waals surface area contributed by atoms with Crippen molar-refractivity contribution in [3.8, 4) is 0 Å². The SMILES string of the molecule is CCOC(=O)[C@]1(NC(=O)CNC(=O)CNC(=O)OC(C)(C)C)C[C@H](O)[C@H]2[C@H](C)[C@H]21. The topological polar surface area (TPSA) is 143 Å². The van der Waals surface area contributed by atoms with Crippen LogP contribution >= 0.6 is 0 Å². The molecule has 0 aliphatic heterocycles. The monoisotopic (exact) mass is 413 g/mol. The Labute approximate surface area is 170 Å². The molecule has 3 amide bonds. The molecule has 0 aromatic heterocycles. The minimum absolute atomic E-state index is 0.0488. The standard InChI is InChI=1S/C19H31N3O7/c1-6-28-16(26)19(7-11(23)14-10(2)15(14)19)22-13(25)9-20-12(24)8-21-17(27)29-18(3,4)5/h10-11,14-15,23H,6-9H2,1-5H3,(H,20,24)(H,21,27)(H,22,25)/t10-,11-,14+,15+,19-/m0/s1. The Morgan fingerprint density at radius 1 is 1.10 bits per heavy atom. The van der Waals surface area contributed by atoms with E-state index in [4.69, 9.17) is 9.47 Å². The van der Waals surface area contributed by atoms with Crippen LogP contribution in [0.25, 0.3) is 0 Å². The van der Waals surface area contributed by atoms with Crippen LogP contribution in [-0.2, 0) is 23.9 Å². The third kappa shape index (κ3) is 5.37. The highest BCUT2D eigenvalue weighted by atomic mass is 16.6.